The van der Waals surface area contributed by atoms with Crippen molar-refractivity contribution in [2.45, 2.75) is 13.5 Å². The van der Waals surface area contributed by atoms with Gasteiger partial charge in [0.25, 0.3) is 5.91 Å². The van der Waals surface area contributed by atoms with Gasteiger partial charge in [0, 0.05) is 29.5 Å². The van der Waals surface area contributed by atoms with Crippen LogP contribution in [0.1, 0.15) is 21.5 Å². The lowest BCUT2D eigenvalue weighted by Crippen LogP contribution is -2.15. The molecule has 0 spiro atoms. The molecule has 1 amide bonds. The van der Waals surface area contributed by atoms with Crippen LogP contribution in [0.2, 0.25) is 0 Å². The highest BCUT2D eigenvalue weighted by Crippen LogP contribution is 2.22. The Morgan fingerprint density at radius 3 is 2.46 bits per heavy atom. The number of benzene rings is 2. The fraction of sp³-hybridized carbons (Fsp3) is 0.158. The predicted molar refractivity (Wildman–Crippen MR) is 93.3 cm³/mol. The summed E-state index contributed by atoms with van der Waals surface area (Å²) in [6.45, 7) is 1.16. The number of methoxy groups -OCH3 is 1. The molecule has 2 aromatic carbocycles. The Hall–Kier alpha value is -3.36. The lowest BCUT2D eigenvalue weighted by Gasteiger charge is -2.10. The van der Waals surface area contributed by atoms with Crippen molar-refractivity contribution in [1.82, 2.24) is 9.78 Å². The molecule has 0 unspecified atom stereocenters. The molecule has 3 aromatic rings. The summed E-state index contributed by atoms with van der Waals surface area (Å²) in [6, 6.07) is 6.49. The molecule has 0 radical (unpaired) electrons. The van der Waals surface area contributed by atoms with Gasteiger partial charge in [-0.25, -0.2) is 17.6 Å². The smallest absolute Gasteiger partial charge is 0.257 e. The van der Waals surface area contributed by atoms with Gasteiger partial charge < -0.3 is 10.1 Å². The standard InChI is InChI=1S/C19H15F4N3O2/c1-10-11(4-3-5-15(10)28-2)19(27)24-16-6-7-26(25-16)9-12-17(22)13(20)8-14(21)18(12)23/h3-8H,9H2,1-2H3,(H,24,25,27). The highest BCUT2D eigenvalue weighted by Gasteiger charge is 2.20. The van der Waals surface area contributed by atoms with E-state index in [1.165, 1.54) is 19.4 Å². The van der Waals surface area contributed by atoms with E-state index >= 15 is 0 Å². The quantitative estimate of drug-likeness (QED) is 0.526. The zero-order valence-electron chi connectivity index (χ0n) is 14.9. The molecule has 3 rings (SSSR count). The molecule has 1 heterocycles. The van der Waals surface area contributed by atoms with E-state index in [4.69, 9.17) is 4.74 Å². The lowest BCUT2D eigenvalue weighted by molar-refractivity contribution is 0.102. The Balaban J connectivity index is 1.80. The number of amides is 1. The largest absolute Gasteiger partial charge is 0.496 e. The van der Waals surface area contributed by atoms with Gasteiger partial charge in [0.1, 0.15) is 5.75 Å². The van der Waals surface area contributed by atoms with Crippen LogP contribution >= 0.6 is 0 Å². The highest BCUT2D eigenvalue weighted by molar-refractivity contribution is 6.05. The third-order valence-electron chi connectivity index (χ3n) is 4.15. The number of halogens is 4. The third-order valence-corrected chi connectivity index (χ3v) is 4.15. The van der Waals surface area contributed by atoms with E-state index in [1.807, 2.05) is 0 Å². The van der Waals surface area contributed by atoms with Crippen molar-refractivity contribution in [3.05, 3.63) is 76.5 Å². The molecular formula is C19H15F4N3O2. The Kier molecular flexibility index (Phi) is 5.34. The van der Waals surface area contributed by atoms with E-state index in [-0.39, 0.29) is 11.9 Å². The molecule has 0 bridgehead atoms. The topological polar surface area (TPSA) is 56.1 Å². The highest BCUT2D eigenvalue weighted by atomic mass is 19.2. The first-order valence-corrected chi connectivity index (χ1v) is 8.12. The number of nitrogens with zero attached hydrogens (tertiary/aromatic N) is 2. The first-order valence-electron chi connectivity index (χ1n) is 8.12. The van der Waals surface area contributed by atoms with Gasteiger partial charge in [0.15, 0.2) is 29.1 Å². The monoisotopic (exact) mass is 393 g/mol. The van der Waals surface area contributed by atoms with E-state index in [9.17, 15) is 22.4 Å². The summed E-state index contributed by atoms with van der Waals surface area (Å²) in [5.41, 5.74) is 0.182. The van der Waals surface area contributed by atoms with Crippen molar-refractivity contribution < 1.29 is 27.1 Å². The normalized spacial score (nSPS) is 10.8. The molecule has 0 aliphatic rings. The molecule has 9 heteroatoms. The van der Waals surface area contributed by atoms with Crippen LogP contribution in [-0.2, 0) is 6.54 Å². The van der Waals surface area contributed by atoms with Crippen molar-refractivity contribution in [2.75, 3.05) is 12.4 Å². The van der Waals surface area contributed by atoms with Crippen LogP contribution in [0, 0.1) is 30.2 Å². The molecule has 1 aromatic heterocycles. The van der Waals surface area contributed by atoms with Gasteiger partial charge in [-0.05, 0) is 19.1 Å². The SMILES string of the molecule is COc1cccc(C(=O)Nc2ccn(Cc3c(F)c(F)cc(F)c3F)n2)c1C. The summed E-state index contributed by atoms with van der Waals surface area (Å²) in [5, 5.41) is 6.51. The maximum Gasteiger partial charge on any atom is 0.257 e. The zero-order chi connectivity index (χ0) is 20.4. The number of rotatable bonds is 5. The van der Waals surface area contributed by atoms with E-state index in [2.05, 4.69) is 10.4 Å². The molecule has 5 nitrogen and oxygen atoms in total. The molecular weight excluding hydrogens is 378 g/mol. The molecule has 0 saturated carbocycles. The summed E-state index contributed by atoms with van der Waals surface area (Å²) in [5.74, 6) is -5.80. The molecule has 1 N–H and O–H groups in total. The first kappa shape index (κ1) is 19.4. The summed E-state index contributed by atoms with van der Waals surface area (Å²) >= 11 is 0. The number of hydrogen-bond donors (Lipinski definition) is 1. The van der Waals surface area contributed by atoms with Crippen molar-refractivity contribution in [3.8, 4) is 5.75 Å². The molecule has 0 atom stereocenters. The fourth-order valence-corrected chi connectivity index (χ4v) is 2.71. The minimum absolute atomic E-state index is 0.102. The summed E-state index contributed by atoms with van der Waals surface area (Å²) < 4.78 is 60.4. The van der Waals surface area contributed by atoms with Crippen molar-refractivity contribution in [1.29, 1.82) is 0 Å². The van der Waals surface area contributed by atoms with Gasteiger partial charge in [-0.3, -0.25) is 9.48 Å². The fourth-order valence-electron chi connectivity index (χ4n) is 2.71. The van der Waals surface area contributed by atoms with Gasteiger partial charge in [-0.2, -0.15) is 5.10 Å². The Bertz CT molecular complexity index is 1020. The van der Waals surface area contributed by atoms with Gasteiger partial charge in [-0.15, -0.1) is 0 Å². The summed E-state index contributed by atoms with van der Waals surface area (Å²) in [7, 11) is 1.49. The van der Waals surface area contributed by atoms with Crippen LogP contribution in [0.3, 0.4) is 0 Å². The van der Waals surface area contributed by atoms with E-state index < -0.39 is 41.3 Å². The average molecular weight is 393 g/mol. The Morgan fingerprint density at radius 2 is 1.82 bits per heavy atom. The molecule has 146 valence electrons. The molecule has 0 fully saturated rings. The van der Waals surface area contributed by atoms with Gasteiger partial charge in [0.2, 0.25) is 0 Å². The van der Waals surface area contributed by atoms with E-state index in [0.717, 1.165) is 4.68 Å². The second-order valence-electron chi connectivity index (χ2n) is 5.93. The van der Waals surface area contributed by atoms with Gasteiger partial charge >= 0.3 is 0 Å². The average Bonchev–Trinajstić information content (AvgIpc) is 3.10. The van der Waals surface area contributed by atoms with Crippen LogP contribution < -0.4 is 10.1 Å². The number of carbonyl (C=O) groups is 1. The van der Waals surface area contributed by atoms with Crippen molar-refractivity contribution in [2.24, 2.45) is 0 Å². The van der Waals surface area contributed by atoms with Gasteiger partial charge in [-0.1, -0.05) is 6.07 Å². The minimum atomic E-state index is -1.50. The van der Waals surface area contributed by atoms with Crippen LogP contribution in [0.25, 0.3) is 0 Å². The number of carbonyl (C=O) groups excluding carboxylic acids is 1. The lowest BCUT2D eigenvalue weighted by atomic mass is 10.1. The number of aromatic nitrogens is 2. The zero-order valence-corrected chi connectivity index (χ0v) is 14.9. The molecule has 0 aliphatic carbocycles. The first-order chi connectivity index (χ1) is 13.3. The van der Waals surface area contributed by atoms with Crippen LogP contribution in [0.4, 0.5) is 23.4 Å². The predicted octanol–water partition coefficient (Wildman–Crippen LogP) is 4.06. The minimum Gasteiger partial charge on any atom is -0.496 e. The Labute approximate surface area is 157 Å². The second-order valence-corrected chi connectivity index (χ2v) is 5.93. The summed E-state index contributed by atoms with van der Waals surface area (Å²) in [6.07, 6.45) is 1.32. The Morgan fingerprint density at radius 1 is 1.14 bits per heavy atom. The van der Waals surface area contributed by atoms with Crippen LogP contribution in [0.15, 0.2) is 36.5 Å². The maximum atomic E-state index is 13.8. The molecule has 28 heavy (non-hydrogen) atoms. The van der Waals surface area contributed by atoms with Gasteiger partial charge in [0.05, 0.1) is 19.2 Å². The third kappa shape index (κ3) is 3.68. The number of nitrogens with one attached hydrogen (secondary N) is 1. The molecule has 0 saturated heterocycles. The van der Waals surface area contributed by atoms with Crippen molar-refractivity contribution in [3.63, 3.8) is 0 Å². The molecule has 0 aliphatic heterocycles. The number of ether oxygens (including phenoxy) is 1. The van der Waals surface area contributed by atoms with Crippen molar-refractivity contribution >= 4 is 11.7 Å². The summed E-state index contributed by atoms with van der Waals surface area (Å²) in [4.78, 5) is 12.4. The van der Waals surface area contributed by atoms with Crippen LogP contribution in [0.5, 0.6) is 5.75 Å². The van der Waals surface area contributed by atoms with E-state index in [0.29, 0.717) is 16.9 Å². The van der Waals surface area contributed by atoms with E-state index in [1.54, 1.807) is 25.1 Å². The maximum absolute atomic E-state index is 13.8. The number of anilines is 1. The number of hydrogen-bond acceptors (Lipinski definition) is 3. The van der Waals surface area contributed by atoms with Crippen LogP contribution in [-0.4, -0.2) is 22.8 Å². The second kappa shape index (κ2) is 7.71.